The largest absolute Gasteiger partial charge is 0.482 e. The molecular weight excluding hydrogens is 186 g/mol. The van der Waals surface area contributed by atoms with E-state index in [4.69, 9.17) is 0 Å². The molecule has 72 valence electrons. The predicted octanol–water partition coefficient (Wildman–Crippen LogP) is 3.07. The van der Waals surface area contributed by atoms with Gasteiger partial charge in [-0.2, -0.15) is 13.2 Å². The van der Waals surface area contributed by atoms with E-state index in [9.17, 15) is 17.6 Å². The summed E-state index contributed by atoms with van der Waals surface area (Å²) < 4.78 is 48.1. The van der Waals surface area contributed by atoms with E-state index in [1.807, 2.05) is 0 Å². The second kappa shape index (κ2) is 3.24. The molecule has 1 N–H and O–H groups in total. The van der Waals surface area contributed by atoms with Gasteiger partial charge >= 0.3 is 6.30 Å². The van der Waals surface area contributed by atoms with E-state index in [0.29, 0.717) is 5.56 Å². The third-order valence-corrected chi connectivity index (χ3v) is 1.40. The molecule has 0 saturated heterocycles. The van der Waals surface area contributed by atoms with Gasteiger partial charge in [-0.15, -0.1) is 0 Å². The summed E-state index contributed by atoms with van der Waals surface area (Å²) in [6.07, 6.45) is -4.60. The summed E-state index contributed by atoms with van der Waals surface area (Å²) in [6, 6.07) is 3.49. The van der Waals surface area contributed by atoms with Crippen molar-refractivity contribution in [2.45, 2.75) is 13.2 Å². The van der Waals surface area contributed by atoms with Crippen molar-refractivity contribution in [3.8, 4) is 0 Å². The van der Waals surface area contributed by atoms with Crippen LogP contribution in [0.2, 0.25) is 0 Å². The number of halogens is 4. The highest BCUT2D eigenvalue weighted by Crippen LogP contribution is 2.23. The maximum atomic E-state index is 12.7. The van der Waals surface area contributed by atoms with Crippen molar-refractivity contribution in [3.63, 3.8) is 0 Å². The van der Waals surface area contributed by atoms with E-state index in [-0.39, 0.29) is 0 Å². The molecule has 0 aromatic heterocycles. The Morgan fingerprint density at radius 3 is 2.38 bits per heavy atom. The maximum absolute atomic E-state index is 12.7. The van der Waals surface area contributed by atoms with Gasteiger partial charge in [0.25, 0.3) is 0 Å². The van der Waals surface area contributed by atoms with E-state index in [0.717, 1.165) is 17.4 Å². The van der Waals surface area contributed by atoms with E-state index >= 15 is 0 Å². The number of nitrogens with one attached hydrogen (secondary N) is 1. The van der Waals surface area contributed by atoms with Crippen molar-refractivity contribution in [3.05, 3.63) is 29.6 Å². The zero-order chi connectivity index (χ0) is 10.1. The molecule has 0 fully saturated rings. The maximum Gasteiger partial charge on any atom is 0.482 e. The molecule has 0 aliphatic heterocycles. The molecule has 0 heterocycles. The lowest BCUT2D eigenvalue weighted by Crippen LogP contribution is -2.21. The van der Waals surface area contributed by atoms with Crippen LogP contribution < -0.4 is 5.32 Å². The molecule has 5 heteroatoms. The van der Waals surface area contributed by atoms with Crippen LogP contribution in [0.1, 0.15) is 5.56 Å². The van der Waals surface area contributed by atoms with Gasteiger partial charge in [0.15, 0.2) is 0 Å². The average Bonchev–Trinajstić information content (AvgIpc) is 1.94. The first-order valence-corrected chi connectivity index (χ1v) is 3.49. The van der Waals surface area contributed by atoms with E-state index in [2.05, 4.69) is 0 Å². The summed E-state index contributed by atoms with van der Waals surface area (Å²) in [5.74, 6) is -0.914. The minimum absolute atomic E-state index is 0.549. The van der Waals surface area contributed by atoms with Gasteiger partial charge in [-0.1, -0.05) is 6.07 Å². The molecule has 1 rings (SSSR count). The second-order valence-electron chi connectivity index (χ2n) is 2.61. The van der Waals surface area contributed by atoms with Crippen molar-refractivity contribution >= 4 is 5.69 Å². The molecule has 0 unspecified atom stereocenters. The predicted molar refractivity (Wildman–Crippen MR) is 40.8 cm³/mol. The molecule has 1 nitrogen and oxygen atoms in total. The molecular formula is C8H7F4N. The standard InChI is InChI=1S/C8H7F4N/c1-5-2-3-6(9)7(4-5)13-8(10,11)12/h2-4,13H,1H3. The lowest BCUT2D eigenvalue weighted by atomic mass is 10.2. The first-order valence-electron chi connectivity index (χ1n) is 3.49. The first kappa shape index (κ1) is 9.83. The van der Waals surface area contributed by atoms with Crippen LogP contribution in [0.5, 0.6) is 0 Å². The Bertz CT molecular complexity index is 306. The van der Waals surface area contributed by atoms with E-state index in [1.165, 1.54) is 6.07 Å². The SMILES string of the molecule is Cc1ccc(F)c(NC(F)(F)F)c1. The summed E-state index contributed by atoms with van der Waals surface area (Å²) in [5.41, 5.74) is 0.0145. The lowest BCUT2D eigenvalue weighted by Gasteiger charge is -2.10. The average molecular weight is 193 g/mol. The van der Waals surface area contributed by atoms with Crippen LogP contribution in [0.4, 0.5) is 23.2 Å². The van der Waals surface area contributed by atoms with Crippen LogP contribution >= 0.6 is 0 Å². The van der Waals surface area contributed by atoms with E-state index < -0.39 is 17.8 Å². The summed E-state index contributed by atoms with van der Waals surface area (Å²) in [5, 5.41) is 1.12. The fourth-order valence-electron chi connectivity index (χ4n) is 0.888. The molecule has 0 atom stereocenters. The molecule has 0 spiro atoms. The monoisotopic (exact) mass is 193 g/mol. The smallest absolute Gasteiger partial charge is 0.295 e. The quantitative estimate of drug-likeness (QED) is 0.533. The Kier molecular flexibility index (Phi) is 2.45. The highest BCUT2D eigenvalue weighted by Gasteiger charge is 2.28. The number of alkyl halides is 3. The Hall–Kier alpha value is -1.26. The number of aryl methyl sites for hydroxylation is 1. The van der Waals surface area contributed by atoms with Crippen LogP contribution in [0, 0.1) is 12.7 Å². The summed E-state index contributed by atoms with van der Waals surface area (Å²) >= 11 is 0. The Balaban J connectivity index is 2.94. The van der Waals surface area contributed by atoms with Crippen LogP contribution in [0.25, 0.3) is 0 Å². The number of hydrogen-bond acceptors (Lipinski definition) is 1. The Labute approximate surface area is 72.4 Å². The molecule has 0 amide bonds. The Morgan fingerprint density at radius 1 is 1.23 bits per heavy atom. The Morgan fingerprint density at radius 2 is 1.85 bits per heavy atom. The molecule has 1 aromatic carbocycles. The summed E-state index contributed by atoms with van der Waals surface area (Å²) in [7, 11) is 0. The van der Waals surface area contributed by atoms with Gasteiger partial charge in [-0.25, -0.2) is 4.39 Å². The highest BCUT2D eigenvalue weighted by atomic mass is 19.4. The summed E-state index contributed by atoms with van der Waals surface area (Å²) in [6.45, 7) is 1.58. The van der Waals surface area contributed by atoms with Crippen molar-refractivity contribution in [1.29, 1.82) is 0 Å². The van der Waals surface area contributed by atoms with Gasteiger partial charge in [0.1, 0.15) is 5.82 Å². The second-order valence-corrected chi connectivity index (χ2v) is 2.61. The van der Waals surface area contributed by atoms with Crippen molar-refractivity contribution in [1.82, 2.24) is 0 Å². The van der Waals surface area contributed by atoms with Crippen molar-refractivity contribution in [2.75, 3.05) is 5.32 Å². The molecule has 1 aromatic rings. The third kappa shape index (κ3) is 2.93. The van der Waals surface area contributed by atoms with Gasteiger partial charge < -0.3 is 0 Å². The number of rotatable bonds is 1. The van der Waals surface area contributed by atoms with Crippen LogP contribution in [0.15, 0.2) is 18.2 Å². The normalized spacial score (nSPS) is 11.5. The lowest BCUT2D eigenvalue weighted by molar-refractivity contribution is -0.100. The minimum atomic E-state index is -4.60. The number of anilines is 1. The zero-order valence-electron chi connectivity index (χ0n) is 6.74. The van der Waals surface area contributed by atoms with Crippen LogP contribution in [-0.4, -0.2) is 6.30 Å². The fraction of sp³-hybridized carbons (Fsp3) is 0.250. The third-order valence-electron chi connectivity index (χ3n) is 1.40. The molecule has 13 heavy (non-hydrogen) atoms. The first-order chi connectivity index (χ1) is 5.88. The molecule has 0 saturated carbocycles. The van der Waals surface area contributed by atoms with Crippen molar-refractivity contribution < 1.29 is 17.6 Å². The summed E-state index contributed by atoms with van der Waals surface area (Å²) in [4.78, 5) is 0. The van der Waals surface area contributed by atoms with Gasteiger partial charge in [-0.3, -0.25) is 5.32 Å². The van der Waals surface area contributed by atoms with E-state index in [1.54, 1.807) is 6.92 Å². The van der Waals surface area contributed by atoms with Gasteiger partial charge in [0, 0.05) is 0 Å². The van der Waals surface area contributed by atoms with Crippen LogP contribution in [-0.2, 0) is 0 Å². The molecule has 0 radical (unpaired) electrons. The van der Waals surface area contributed by atoms with Gasteiger partial charge in [-0.05, 0) is 24.6 Å². The molecule has 0 aliphatic rings. The number of hydrogen-bond donors (Lipinski definition) is 1. The molecule has 0 aliphatic carbocycles. The topological polar surface area (TPSA) is 12.0 Å². The van der Waals surface area contributed by atoms with Gasteiger partial charge in [0.2, 0.25) is 0 Å². The number of benzene rings is 1. The molecule has 0 bridgehead atoms. The highest BCUT2D eigenvalue weighted by molar-refractivity contribution is 5.47. The van der Waals surface area contributed by atoms with Crippen molar-refractivity contribution in [2.24, 2.45) is 0 Å². The zero-order valence-corrected chi connectivity index (χ0v) is 6.74. The van der Waals surface area contributed by atoms with Gasteiger partial charge in [0.05, 0.1) is 5.69 Å². The minimum Gasteiger partial charge on any atom is -0.295 e. The fourth-order valence-corrected chi connectivity index (χ4v) is 0.888. The van der Waals surface area contributed by atoms with Crippen LogP contribution in [0.3, 0.4) is 0 Å².